The highest BCUT2D eigenvalue weighted by Gasteiger charge is 2.43. The fraction of sp³-hybridized carbons (Fsp3) is 0.562. The minimum atomic E-state index is -0.241. The number of amides is 2. The summed E-state index contributed by atoms with van der Waals surface area (Å²) in [6.45, 7) is 4.01. The van der Waals surface area contributed by atoms with Crippen LogP contribution in [0.3, 0.4) is 0 Å². The van der Waals surface area contributed by atoms with E-state index in [1.54, 1.807) is 6.07 Å². The summed E-state index contributed by atoms with van der Waals surface area (Å²) in [5, 5.41) is 2.94. The summed E-state index contributed by atoms with van der Waals surface area (Å²) in [5.74, 6) is 0.152. The van der Waals surface area contributed by atoms with E-state index in [2.05, 4.69) is 10.3 Å². The fourth-order valence-electron chi connectivity index (χ4n) is 3.41. The summed E-state index contributed by atoms with van der Waals surface area (Å²) >= 11 is 0. The monoisotopic (exact) mass is 287 g/mol. The summed E-state index contributed by atoms with van der Waals surface area (Å²) in [7, 11) is 0. The molecule has 0 aliphatic carbocycles. The second kappa shape index (κ2) is 5.47. The van der Waals surface area contributed by atoms with E-state index in [0.717, 1.165) is 37.9 Å². The molecular weight excluding hydrogens is 266 g/mol. The first-order valence-electron chi connectivity index (χ1n) is 7.62. The van der Waals surface area contributed by atoms with Gasteiger partial charge in [-0.1, -0.05) is 6.07 Å². The van der Waals surface area contributed by atoms with Crippen molar-refractivity contribution in [3.05, 3.63) is 29.6 Å². The summed E-state index contributed by atoms with van der Waals surface area (Å²) in [4.78, 5) is 30.8. The number of hydrogen-bond acceptors (Lipinski definition) is 3. The molecular formula is C16H21N3O2. The van der Waals surface area contributed by atoms with E-state index in [1.807, 2.05) is 24.0 Å². The first kappa shape index (κ1) is 14.0. The molecule has 2 amide bonds. The number of pyridine rings is 1. The van der Waals surface area contributed by atoms with Crippen LogP contribution in [-0.4, -0.2) is 41.3 Å². The van der Waals surface area contributed by atoms with E-state index in [9.17, 15) is 9.59 Å². The molecule has 112 valence electrons. The Balaban J connectivity index is 1.73. The molecule has 0 aromatic carbocycles. The van der Waals surface area contributed by atoms with Crippen LogP contribution in [0.4, 0.5) is 0 Å². The van der Waals surface area contributed by atoms with Gasteiger partial charge in [-0.15, -0.1) is 0 Å². The Morgan fingerprint density at radius 1 is 1.29 bits per heavy atom. The van der Waals surface area contributed by atoms with Crippen molar-refractivity contribution in [1.29, 1.82) is 0 Å². The summed E-state index contributed by atoms with van der Waals surface area (Å²) < 4.78 is 0. The van der Waals surface area contributed by atoms with Gasteiger partial charge in [0.15, 0.2) is 0 Å². The number of hydrogen-bond donors (Lipinski definition) is 1. The molecule has 2 aliphatic heterocycles. The maximum Gasteiger partial charge on any atom is 0.272 e. The van der Waals surface area contributed by atoms with Gasteiger partial charge in [-0.05, 0) is 44.7 Å². The largest absolute Gasteiger partial charge is 0.356 e. The van der Waals surface area contributed by atoms with E-state index in [1.165, 1.54) is 0 Å². The molecule has 2 aliphatic rings. The number of carbonyl (C=O) groups is 2. The van der Waals surface area contributed by atoms with Crippen LogP contribution in [-0.2, 0) is 4.79 Å². The van der Waals surface area contributed by atoms with Gasteiger partial charge in [0, 0.05) is 25.3 Å². The lowest BCUT2D eigenvalue weighted by Gasteiger charge is -2.24. The Morgan fingerprint density at radius 2 is 2.14 bits per heavy atom. The molecule has 1 spiro atoms. The van der Waals surface area contributed by atoms with Crippen LogP contribution in [0.15, 0.2) is 18.2 Å². The zero-order valence-corrected chi connectivity index (χ0v) is 12.4. The zero-order chi connectivity index (χ0) is 14.9. The smallest absolute Gasteiger partial charge is 0.272 e. The molecule has 0 radical (unpaired) electrons. The number of carbonyl (C=O) groups excluding carboxylic acids is 2. The van der Waals surface area contributed by atoms with Crippen LogP contribution in [0.1, 0.15) is 41.9 Å². The molecule has 1 N–H and O–H groups in total. The topological polar surface area (TPSA) is 62.3 Å². The predicted octanol–water partition coefficient (Wildman–Crippen LogP) is 1.52. The van der Waals surface area contributed by atoms with Gasteiger partial charge in [0.2, 0.25) is 5.91 Å². The van der Waals surface area contributed by atoms with Crippen molar-refractivity contribution < 1.29 is 9.59 Å². The quantitative estimate of drug-likeness (QED) is 0.852. The van der Waals surface area contributed by atoms with Crippen LogP contribution in [0, 0.1) is 12.3 Å². The first-order chi connectivity index (χ1) is 10.1. The molecule has 0 bridgehead atoms. The van der Waals surface area contributed by atoms with E-state index >= 15 is 0 Å². The number of likely N-dealkylation sites (tertiary alicyclic amines) is 1. The summed E-state index contributed by atoms with van der Waals surface area (Å²) in [5.41, 5.74) is 1.11. The van der Waals surface area contributed by atoms with Crippen molar-refractivity contribution in [2.75, 3.05) is 19.6 Å². The molecule has 5 heteroatoms. The average molecular weight is 287 g/mol. The molecule has 0 saturated carbocycles. The van der Waals surface area contributed by atoms with E-state index in [0.29, 0.717) is 18.8 Å². The molecule has 3 heterocycles. The molecule has 2 fully saturated rings. The number of rotatable bonds is 1. The number of aromatic nitrogens is 1. The molecule has 1 atom stereocenters. The third-order valence-electron chi connectivity index (χ3n) is 4.71. The van der Waals surface area contributed by atoms with Crippen LogP contribution in [0.25, 0.3) is 0 Å². The van der Waals surface area contributed by atoms with Gasteiger partial charge in [0.25, 0.3) is 5.91 Å². The van der Waals surface area contributed by atoms with Gasteiger partial charge in [0.1, 0.15) is 5.69 Å². The first-order valence-corrected chi connectivity index (χ1v) is 7.62. The normalized spacial score (nSPS) is 25.8. The maximum atomic E-state index is 12.6. The molecule has 5 nitrogen and oxygen atoms in total. The van der Waals surface area contributed by atoms with Crippen molar-refractivity contribution in [3.63, 3.8) is 0 Å². The van der Waals surface area contributed by atoms with Crippen LogP contribution < -0.4 is 5.32 Å². The Hall–Kier alpha value is -1.91. The summed E-state index contributed by atoms with van der Waals surface area (Å²) in [6, 6.07) is 5.51. The van der Waals surface area contributed by atoms with Crippen molar-refractivity contribution in [3.8, 4) is 0 Å². The highest BCUT2D eigenvalue weighted by molar-refractivity contribution is 5.92. The van der Waals surface area contributed by atoms with Crippen LogP contribution >= 0.6 is 0 Å². The molecule has 3 rings (SSSR count). The second-order valence-electron chi connectivity index (χ2n) is 6.10. The Kier molecular flexibility index (Phi) is 3.66. The third kappa shape index (κ3) is 2.64. The molecule has 1 unspecified atom stereocenters. The average Bonchev–Trinajstić information content (AvgIpc) is 2.71. The highest BCUT2D eigenvalue weighted by Crippen LogP contribution is 2.38. The molecule has 2 saturated heterocycles. The third-order valence-corrected chi connectivity index (χ3v) is 4.71. The SMILES string of the molecule is Cc1cccc(C(=O)N2CCCC3(CCNC3=O)CC2)n1. The zero-order valence-electron chi connectivity index (χ0n) is 12.4. The van der Waals surface area contributed by atoms with E-state index in [4.69, 9.17) is 0 Å². The van der Waals surface area contributed by atoms with E-state index < -0.39 is 0 Å². The maximum absolute atomic E-state index is 12.6. The van der Waals surface area contributed by atoms with Gasteiger partial charge in [0.05, 0.1) is 5.41 Å². The fourth-order valence-corrected chi connectivity index (χ4v) is 3.41. The Bertz CT molecular complexity index is 572. The predicted molar refractivity (Wildman–Crippen MR) is 78.8 cm³/mol. The van der Waals surface area contributed by atoms with Crippen molar-refractivity contribution in [1.82, 2.24) is 15.2 Å². The van der Waals surface area contributed by atoms with Gasteiger partial charge in [-0.25, -0.2) is 4.98 Å². The van der Waals surface area contributed by atoms with Crippen LogP contribution in [0.5, 0.6) is 0 Å². The van der Waals surface area contributed by atoms with Gasteiger partial charge in [-0.3, -0.25) is 9.59 Å². The van der Waals surface area contributed by atoms with Crippen molar-refractivity contribution in [2.24, 2.45) is 5.41 Å². The number of nitrogens with zero attached hydrogens (tertiary/aromatic N) is 2. The second-order valence-corrected chi connectivity index (χ2v) is 6.10. The summed E-state index contributed by atoms with van der Waals surface area (Å²) in [6.07, 6.45) is 3.42. The molecule has 21 heavy (non-hydrogen) atoms. The number of nitrogens with one attached hydrogen (secondary N) is 1. The van der Waals surface area contributed by atoms with Crippen molar-refractivity contribution in [2.45, 2.75) is 32.6 Å². The van der Waals surface area contributed by atoms with Gasteiger partial charge in [-0.2, -0.15) is 0 Å². The minimum absolute atomic E-state index is 0.0193. The van der Waals surface area contributed by atoms with Gasteiger partial charge < -0.3 is 10.2 Å². The Labute approximate surface area is 124 Å². The van der Waals surface area contributed by atoms with Crippen molar-refractivity contribution >= 4 is 11.8 Å². The lowest BCUT2D eigenvalue weighted by atomic mass is 9.79. The molecule has 1 aromatic rings. The number of aryl methyl sites for hydroxylation is 1. The Morgan fingerprint density at radius 3 is 2.86 bits per heavy atom. The lowest BCUT2D eigenvalue weighted by Crippen LogP contribution is -2.35. The lowest BCUT2D eigenvalue weighted by molar-refractivity contribution is -0.128. The minimum Gasteiger partial charge on any atom is -0.356 e. The van der Waals surface area contributed by atoms with E-state index in [-0.39, 0.29) is 17.2 Å². The molecule has 1 aromatic heterocycles. The van der Waals surface area contributed by atoms with Gasteiger partial charge >= 0.3 is 0 Å². The standard InChI is InChI=1S/C16H21N3O2/c1-12-4-2-5-13(18-12)14(20)19-10-3-6-16(8-11-19)7-9-17-15(16)21/h2,4-5H,3,6-11H2,1H3,(H,17,21). The van der Waals surface area contributed by atoms with Crippen LogP contribution in [0.2, 0.25) is 0 Å². The highest BCUT2D eigenvalue weighted by atomic mass is 16.2.